The summed E-state index contributed by atoms with van der Waals surface area (Å²) in [7, 11) is 5.71. The van der Waals surface area contributed by atoms with Crippen LogP contribution in [0.2, 0.25) is 0 Å². The lowest BCUT2D eigenvalue weighted by atomic mass is 10.1. The number of benzene rings is 1. The van der Waals surface area contributed by atoms with E-state index in [0.29, 0.717) is 39.6 Å². The van der Waals surface area contributed by atoms with Gasteiger partial charge in [-0.2, -0.15) is 0 Å². The van der Waals surface area contributed by atoms with Gasteiger partial charge >= 0.3 is 17.2 Å². The van der Waals surface area contributed by atoms with Crippen molar-refractivity contribution in [1.29, 1.82) is 0 Å². The molecule has 2 fully saturated rings. The minimum atomic E-state index is -1.37. The summed E-state index contributed by atoms with van der Waals surface area (Å²) in [6, 6.07) is 8.22. The Balaban J connectivity index is 1.42. The first kappa shape index (κ1) is 30.2. The Labute approximate surface area is 219 Å². The zero-order chi connectivity index (χ0) is 25.6. The predicted octanol–water partition coefficient (Wildman–Crippen LogP) is 2.99. The first-order valence-corrected chi connectivity index (χ1v) is 14.9. The van der Waals surface area contributed by atoms with E-state index >= 15 is 0 Å². The van der Waals surface area contributed by atoms with Crippen LogP contribution >= 0.6 is 17.2 Å². The summed E-state index contributed by atoms with van der Waals surface area (Å²) in [6.07, 6.45) is 0. The van der Waals surface area contributed by atoms with Gasteiger partial charge in [0, 0.05) is 52.4 Å². The molecule has 12 heteroatoms. The summed E-state index contributed by atoms with van der Waals surface area (Å²) in [5.74, 6) is 0. The van der Waals surface area contributed by atoms with Gasteiger partial charge in [-0.15, -0.1) is 0 Å². The highest BCUT2D eigenvalue weighted by Gasteiger charge is 2.17. The Kier molecular flexibility index (Phi) is 14.5. The summed E-state index contributed by atoms with van der Waals surface area (Å²) in [5.41, 5.74) is 2.13. The summed E-state index contributed by atoms with van der Waals surface area (Å²) in [5, 5.41) is 0. The molecule has 0 aromatic heterocycles. The van der Waals surface area contributed by atoms with Crippen molar-refractivity contribution < 1.29 is 27.1 Å². The monoisotopic (exact) mass is 546 g/mol. The molecule has 0 bridgehead atoms. The molecule has 0 amide bonds. The molecule has 0 atom stereocenters. The average molecular weight is 547 g/mol. The second-order valence-electron chi connectivity index (χ2n) is 9.36. The van der Waals surface area contributed by atoms with Gasteiger partial charge in [-0.05, 0) is 39.3 Å². The van der Waals surface area contributed by atoms with E-state index < -0.39 is 17.2 Å². The molecule has 0 saturated carbocycles. The van der Waals surface area contributed by atoms with E-state index in [0.717, 1.165) is 63.5 Å². The van der Waals surface area contributed by atoms with Crippen LogP contribution in [-0.4, -0.2) is 127 Å². The van der Waals surface area contributed by atoms with E-state index in [-0.39, 0.29) is 0 Å². The molecule has 2 saturated heterocycles. The number of hydrogen-bond donors (Lipinski definition) is 0. The normalized spacial score (nSPS) is 23.2. The minimum absolute atomic E-state index is 0.443. The van der Waals surface area contributed by atoms with Gasteiger partial charge in [-0.25, -0.2) is 0 Å². The maximum atomic E-state index is 5.99. The van der Waals surface area contributed by atoms with Crippen LogP contribution in [0.15, 0.2) is 24.3 Å². The van der Waals surface area contributed by atoms with Crippen LogP contribution in [0.25, 0.3) is 0 Å². The molecule has 3 rings (SSSR count). The molecule has 206 valence electrons. The van der Waals surface area contributed by atoms with Crippen LogP contribution in [0.3, 0.4) is 0 Å². The lowest BCUT2D eigenvalue weighted by Gasteiger charge is -2.20. The topological polar surface area (TPSA) is 68.3 Å². The molecule has 0 spiro atoms. The molecule has 2 aliphatic rings. The predicted molar refractivity (Wildman–Crippen MR) is 144 cm³/mol. The van der Waals surface area contributed by atoms with Crippen LogP contribution in [0.4, 0.5) is 0 Å². The van der Waals surface area contributed by atoms with Crippen LogP contribution in [0.1, 0.15) is 11.1 Å². The van der Waals surface area contributed by atoms with E-state index in [1.54, 1.807) is 0 Å². The Hall–Kier alpha value is -0.320. The summed E-state index contributed by atoms with van der Waals surface area (Å²) < 4.78 is 35.6. The molecular weight excluding hydrogens is 502 g/mol. The first-order chi connectivity index (χ1) is 17.5. The first-order valence-electron chi connectivity index (χ1n) is 12.7. The largest absolute Gasteiger partial charge is 0.333 e. The van der Waals surface area contributed by atoms with E-state index in [4.69, 9.17) is 27.1 Å². The lowest BCUT2D eigenvalue weighted by Crippen LogP contribution is -2.33. The highest BCUT2D eigenvalue weighted by Crippen LogP contribution is 2.41. The van der Waals surface area contributed by atoms with Crippen molar-refractivity contribution in [3.8, 4) is 0 Å². The third-order valence-corrected chi connectivity index (χ3v) is 8.36. The van der Waals surface area contributed by atoms with Crippen molar-refractivity contribution in [2.45, 2.75) is 13.2 Å². The lowest BCUT2D eigenvalue weighted by molar-refractivity contribution is 0.143. The molecule has 0 radical (unpaired) electrons. The van der Waals surface area contributed by atoms with Crippen LogP contribution in [0, 0.1) is 0 Å². The molecule has 0 N–H and O–H groups in total. The fourth-order valence-electron chi connectivity index (χ4n) is 3.42. The highest BCUT2D eigenvalue weighted by atomic mass is 31.2. The Morgan fingerprint density at radius 1 is 0.528 bits per heavy atom. The highest BCUT2D eigenvalue weighted by molar-refractivity contribution is 7.41. The van der Waals surface area contributed by atoms with Gasteiger partial charge in [-0.1, -0.05) is 24.3 Å². The Morgan fingerprint density at radius 2 is 0.806 bits per heavy atom. The van der Waals surface area contributed by atoms with Crippen LogP contribution in [-0.2, 0) is 40.4 Å². The van der Waals surface area contributed by atoms with Gasteiger partial charge in [0.25, 0.3) is 0 Å². The van der Waals surface area contributed by atoms with Crippen molar-refractivity contribution in [2.75, 3.05) is 107 Å². The van der Waals surface area contributed by atoms with Crippen LogP contribution in [0.5, 0.6) is 0 Å². The standard InChI is InChI=1S/C24H44N4O6P2/c1-25-9-10-26(2)14-18-30-35(29-17-13-25)33-21-23-5-7-24(8-6-23)22-34-36-31-19-15-27(3)11-12-28(4)16-20-32-36/h5-8H,9-22H2,1-4H3. The van der Waals surface area contributed by atoms with Gasteiger partial charge < -0.3 is 46.7 Å². The maximum Gasteiger partial charge on any atom is 0.333 e. The number of likely N-dealkylation sites (N-methyl/N-ethyl adjacent to an activating group) is 4. The van der Waals surface area contributed by atoms with E-state index in [9.17, 15) is 0 Å². The zero-order valence-corrected chi connectivity index (χ0v) is 24.1. The van der Waals surface area contributed by atoms with Crippen molar-refractivity contribution in [3.63, 3.8) is 0 Å². The second-order valence-corrected chi connectivity index (χ2v) is 11.8. The summed E-state index contributed by atoms with van der Waals surface area (Å²) in [4.78, 5) is 9.08. The number of hydrogen-bond acceptors (Lipinski definition) is 10. The number of nitrogens with zero attached hydrogens (tertiary/aromatic N) is 4. The van der Waals surface area contributed by atoms with Crippen molar-refractivity contribution in [1.82, 2.24) is 19.6 Å². The van der Waals surface area contributed by atoms with E-state index in [2.05, 4.69) is 72.1 Å². The minimum Gasteiger partial charge on any atom is -0.311 e. The van der Waals surface area contributed by atoms with Gasteiger partial charge in [0.2, 0.25) is 0 Å². The Morgan fingerprint density at radius 3 is 1.08 bits per heavy atom. The maximum absolute atomic E-state index is 5.99. The van der Waals surface area contributed by atoms with Gasteiger partial charge in [0.15, 0.2) is 0 Å². The molecule has 2 heterocycles. The smallest absolute Gasteiger partial charge is 0.311 e. The molecule has 10 nitrogen and oxygen atoms in total. The second kappa shape index (κ2) is 17.3. The number of rotatable bonds is 6. The SMILES string of the molecule is CN1CCOP(OCc2ccc(COP3OCCN(C)CCN(C)CCO3)cc2)OCCN(C)CC1. The molecule has 2 aliphatic heterocycles. The zero-order valence-electron chi connectivity index (χ0n) is 22.3. The molecule has 1 aromatic carbocycles. The summed E-state index contributed by atoms with van der Waals surface area (Å²) in [6.45, 7) is 10.8. The molecular formula is C24H44N4O6P2. The third kappa shape index (κ3) is 12.5. The molecule has 1 aromatic rings. The van der Waals surface area contributed by atoms with Gasteiger partial charge in [-0.3, -0.25) is 0 Å². The molecule has 0 unspecified atom stereocenters. The molecule has 0 aliphatic carbocycles. The Bertz CT molecular complexity index is 631. The summed E-state index contributed by atoms with van der Waals surface area (Å²) >= 11 is 0. The fraction of sp³-hybridized carbons (Fsp3) is 0.750. The third-order valence-electron chi connectivity index (χ3n) is 6.10. The van der Waals surface area contributed by atoms with E-state index in [1.807, 2.05) is 0 Å². The quantitative estimate of drug-likeness (QED) is 0.498. The van der Waals surface area contributed by atoms with Gasteiger partial charge in [0.05, 0.1) is 39.6 Å². The fourth-order valence-corrected chi connectivity index (χ4v) is 5.30. The molecule has 36 heavy (non-hydrogen) atoms. The van der Waals surface area contributed by atoms with Crippen molar-refractivity contribution in [2.24, 2.45) is 0 Å². The van der Waals surface area contributed by atoms with Crippen LogP contribution < -0.4 is 0 Å². The van der Waals surface area contributed by atoms with Crippen molar-refractivity contribution >= 4 is 17.2 Å². The average Bonchev–Trinajstić information content (AvgIpc) is 2.93. The van der Waals surface area contributed by atoms with E-state index in [1.165, 1.54) is 0 Å². The van der Waals surface area contributed by atoms with Gasteiger partial charge in [0.1, 0.15) is 0 Å². The van der Waals surface area contributed by atoms with Crippen molar-refractivity contribution in [3.05, 3.63) is 35.4 Å².